The lowest BCUT2D eigenvalue weighted by Crippen LogP contribution is -2.06. The zero-order chi connectivity index (χ0) is 13.8. The second-order valence-electron chi connectivity index (χ2n) is 5.04. The lowest BCUT2D eigenvalue weighted by atomic mass is 10.1. The molecule has 104 valence electrons. The molecule has 1 N–H and O–H groups in total. The minimum absolute atomic E-state index is 0.525. The number of aliphatic hydroxyl groups is 1. The molecule has 0 aliphatic rings. The van der Waals surface area contributed by atoms with E-state index < -0.39 is 6.10 Å². The molecule has 0 amide bonds. The van der Waals surface area contributed by atoms with E-state index >= 15 is 0 Å². The molecule has 1 aromatic carbocycles. The van der Waals surface area contributed by atoms with Gasteiger partial charge in [0, 0.05) is 12.8 Å². The highest BCUT2D eigenvalue weighted by atomic mass is 16.3. The summed E-state index contributed by atoms with van der Waals surface area (Å²) in [5, 5.41) is 9.80. The Morgan fingerprint density at radius 3 is 2.42 bits per heavy atom. The Balaban J connectivity index is 2.09. The maximum atomic E-state index is 9.80. The van der Waals surface area contributed by atoms with Crippen LogP contribution in [0.2, 0.25) is 0 Å². The van der Waals surface area contributed by atoms with Crippen LogP contribution in [0.5, 0.6) is 0 Å². The molecule has 0 saturated carbocycles. The zero-order valence-corrected chi connectivity index (χ0v) is 12.1. The molecule has 0 spiro atoms. The molecule has 1 nitrogen and oxygen atoms in total. The maximum Gasteiger partial charge on any atom is 0.118 e. The van der Waals surface area contributed by atoms with Gasteiger partial charge in [-0.2, -0.15) is 0 Å². The molecule has 0 aliphatic carbocycles. The Bertz CT molecular complexity index is 372. The lowest BCUT2D eigenvalue weighted by molar-refractivity contribution is 0.233. The van der Waals surface area contributed by atoms with Crippen LogP contribution in [0.4, 0.5) is 0 Å². The summed E-state index contributed by atoms with van der Waals surface area (Å²) < 4.78 is 0. The van der Waals surface area contributed by atoms with Gasteiger partial charge in [0.05, 0.1) is 0 Å². The summed E-state index contributed by atoms with van der Waals surface area (Å²) in [6.45, 7) is 2.24. The predicted octanol–water partition coefficient (Wildman–Crippen LogP) is 4.34. The predicted molar refractivity (Wildman–Crippen MR) is 81.9 cm³/mol. The Kier molecular flexibility index (Phi) is 8.85. The van der Waals surface area contributed by atoms with Crippen molar-refractivity contribution in [2.24, 2.45) is 0 Å². The van der Waals surface area contributed by atoms with Gasteiger partial charge >= 0.3 is 0 Å². The highest BCUT2D eigenvalue weighted by molar-refractivity contribution is 5.18. The van der Waals surface area contributed by atoms with Crippen molar-refractivity contribution in [2.75, 3.05) is 0 Å². The van der Waals surface area contributed by atoms with E-state index in [2.05, 4.69) is 18.8 Å². The van der Waals surface area contributed by atoms with E-state index in [0.717, 1.165) is 18.4 Å². The van der Waals surface area contributed by atoms with E-state index in [-0.39, 0.29) is 0 Å². The van der Waals surface area contributed by atoms with E-state index in [1.165, 1.54) is 32.1 Å². The van der Waals surface area contributed by atoms with Gasteiger partial charge in [-0.3, -0.25) is 0 Å². The Morgan fingerprint density at radius 2 is 1.68 bits per heavy atom. The van der Waals surface area contributed by atoms with E-state index in [1.54, 1.807) is 0 Å². The van der Waals surface area contributed by atoms with Crippen molar-refractivity contribution in [2.45, 2.75) is 64.4 Å². The summed E-state index contributed by atoms with van der Waals surface area (Å²) in [6.07, 6.45) is 8.76. The Labute approximate surface area is 118 Å². The third kappa shape index (κ3) is 8.46. The number of hydrogen-bond acceptors (Lipinski definition) is 1. The monoisotopic (exact) mass is 258 g/mol. The van der Waals surface area contributed by atoms with Crippen molar-refractivity contribution in [1.29, 1.82) is 0 Å². The number of rotatable bonds is 8. The van der Waals surface area contributed by atoms with Crippen LogP contribution in [0.1, 0.15) is 57.4 Å². The van der Waals surface area contributed by atoms with Gasteiger partial charge in [-0.1, -0.05) is 75.3 Å². The molecule has 1 heteroatoms. The van der Waals surface area contributed by atoms with Crippen molar-refractivity contribution in [3.05, 3.63) is 35.9 Å². The van der Waals surface area contributed by atoms with E-state index in [9.17, 15) is 5.11 Å². The van der Waals surface area contributed by atoms with E-state index in [1.807, 2.05) is 30.3 Å². The third-order valence-corrected chi connectivity index (χ3v) is 3.20. The first-order valence-corrected chi connectivity index (χ1v) is 7.53. The molecule has 0 aromatic heterocycles. The van der Waals surface area contributed by atoms with Gasteiger partial charge in [0.1, 0.15) is 6.10 Å². The first-order valence-electron chi connectivity index (χ1n) is 7.53. The summed E-state index contributed by atoms with van der Waals surface area (Å²) in [5.41, 5.74) is 1.14. The van der Waals surface area contributed by atoms with Crippen LogP contribution >= 0.6 is 0 Å². The average Bonchev–Trinajstić information content (AvgIpc) is 2.43. The molecule has 0 heterocycles. The molecular weight excluding hydrogens is 232 g/mol. The molecule has 1 atom stereocenters. The number of aliphatic hydroxyl groups excluding tert-OH is 1. The standard InChI is InChI=1S/C18H26O/c1-2-3-4-5-6-7-8-12-15-18(19)16-17-13-10-9-11-14-17/h9-11,13-14,18-19H,2-8,16H2,1H3/t18-/m0/s1. The minimum atomic E-state index is -0.525. The molecule has 0 unspecified atom stereocenters. The normalized spacial score (nSPS) is 11.7. The third-order valence-electron chi connectivity index (χ3n) is 3.20. The van der Waals surface area contributed by atoms with Crippen LogP contribution in [0.3, 0.4) is 0 Å². The highest BCUT2D eigenvalue weighted by Gasteiger charge is 1.99. The molecule has 0 fully saturated rings. The molecular formula is C18H26O. The molecule has 0 radical (unpaired) electrons. The Hall–Kier alpha value is -1.26. The highest BCUT2D eigenvalue weighted by Crippen LogP contribution is 2.06. The molecule has 0 saturated heterocycles. The summed E-state index contributed by atoms with van der Waals surface area (Å²) >= 11 is 0. The van der Waals surface area contributed by atoms with Crippen LogP contribution in [0, 0.1) is 11.8 Å². The smallest absolute Gasteiger partial charge is 0.118 e. The first kappa shape index (κ1) is 15.8. The number of unbranched alkanes of at least 4 members (excludes halogenated alkanes) is 6. The number of benzene rings is 1. The summed E-state index contributed by atoms with van der Waals surface area (Å²) in [6, 6.07) is 10.0. The first-order chi connectivity index (χ1) is 9.33. The fourth-order valence-electron chi connectivity index (χ4n) is 2.07. The van der Waals surface area contributed by atoms with Crippen molar-refractivity contribution >= 4 is 0 Å². The van der Waals surface area contributed by atoms with Gasteiger partial charge in [-0.05, 0) is 12.0 Å². The molecule has 0 aliphatic heterocycles. The average molecular weight is 258 g/mol. The maximum absolute atomic E-state index is 9.80. The fraction of sp³-hybridized carbons (Fsp3) is 0.556. The van der Waals surface area contributed by atoms with Crippen molar-refractivity contribution in [3.8, 4) is 11.8 Å². The van der Waals surface area contributed by atoms with Gasteiger partial charge in [0.25, 0.3) is 0 Å². The molecule has 1 aromatic rings. The van der Waals surface area contributed by atoms with Crippen molar-refractivity contribution in [1.82, 2.24) is 0 Å². The van der Waals surface area contributed by atoms with Gasteiger partial charge in [-0.15, -0.1) is 5.92 Å². The SMILES string of the molecule is CCCCCCCCC#C[C@H](O)Cc1ccccc1. The van der Waals surface area contributed by atoms with Gasteiger partial charge in [0.15, 0.2) is 0 Å². The molecule has 0 bridgehead atoms. The van der Waals surface area contributed by atoms with Crippen molar-refractivity contribution in [3.63, 3.8) is 0 Å². The van der Waals surface area contributed by atoms with Crippen LogP contribution in [0.25, 0.3) is 0 Å². The fourth-order valence-corrected chi connectivity index (χ4v) is 2.07. The molecule has 1 rings (SSSR count). The Morgan fingerprint density at radius 1 is 1.00 bits per heavy atom. The topological polar surface area (TPSA) is 20.2 Å². The van der Waals surface area contributed by atoms with Gasteiger partial charge in [-0.25, -0.2) is 0 Å². The lowest BCUT2D eigenvalue weighted by Gasteiger charge is -2.02. The van der Waals surface area contributed by atoms with E-state index in [4.69, 9.17) is 0 Å². The summed E-state index contributed by atoms with van der Waals surface area (Å²) in [5.74, 6) is 6.04. The second-order valence-corrected chi connectivity index (χ2v) is 5.04. The summed E-state index contributed by atoms with van der Waals surface area (Å²) in [7, 11) is 0. The quantitative estimate of drug-likeness (QED) is 0.543. The van der Waals surface area contributed by atoms with Gasteiger partial charge < -0.3 is 5.11 Å². The van der Waals surface area contributed by atoms with Crippen LogP contribution in [-0.2, 0) is 6.42 Å². The second kappa shape index (κ2) is 10.6. The van der Waals surface area contributed by atoms with Crippen LogP contribution in [0.15, 0.2) is 30.3 Å². The molecule has 19 heavy (non-hydrogen) atoms. The minimum Gasteiger partial charge on any atom is -0.380 e. The summed E-state index contributed by atoms with van der Waals surface area (Å²) in [4.78, 5) is 0. The van der Waals surface area contributed by atoms with E-state index in [0.29, 0.717) is 6.42 Å². The largest absolute Gasteiger partial charge is 0.380 e. The van der Waals surface area contributed by atoms with Crippen LogP contribution in [-0.4, -0.2) is 11.2 Å². The zero-order valence-electron chi connectivity index (χ0n) is 12.1. The van der Waals surface area contributed by atoms with Crippen LogP contribution < -0.4 is 0 Å². The number of hydrogen-bond donors (Lipinski definition) is 1. The van der Waals surface area contributed by atoms with Gasteiger partial charge in [0.2, 0.25) is 0 Å². The van der Waals surface area contributed by atoms with Crippen molar-refractivity contribution < 1.29 is 5.11 Å².